The molecule has 206 valence electrons. The monoisotopic (exact) mass is 550 g/mol. The second-order valence-corrected chi connectivity index (χ2v) is 10.6. The van der Waals surface area contributed by atoms with Gasteiger partial charge in [-0.3, -0.25) is 4.57 Å². The van der Waals surface area contributed by atoms with Crippen LogP contribution in [0, 0.1) is 0 Å². The van der Waals surface area contributed by atoms with E-state index in [2.05, 4.69) is 5.32 Å². The van der Waals surface area contributed by atoms with Crippen LogP contribution in [0.5, 0.6) is 11.5 Å². The molecule has 39 heavy (non-hydrogen) atoms. The van der Waals surface area contributed by atoms with Crippen LogP contribution in [0.3, 0.4) is 0 Å². The van der Waals surface area contributed by atoms with Crippen molar-refractivity contribution in [2.24, 2.45) is 0 Å². The number of nitrogens with one attached hydrogen (secondary N) is 1. The van der Waals surface area contributed by atoms with Crippen LogP contribution in [0.2, 0.25) is 0 Å². The lowest BCUT2D eigenvalue weighted by molar-refractivity contribution is 0.229. The molecule has 0 aliphatic rings. The highest BCUT2D eigenvalue weighted by molar-refractivity contribution is 7.62. The van der Waals surface area contributed by atoms with E-state index in [-0.39, 0.29) is 30.5 Å². The molecule has 0 amide bonds. The van der Waals surface area contributed by atoms with Gasteiger partial charge in [0.15, 0.2) is 11.5 Å². The molecular formula is C30H35N2O6P. The van der Waals surface area contributed by atoms with Crippen molar-refractivity contribution in [3.05, 3.63) is 101 Å². The Morgan fingerprint density at radius 3 is 1.97 bits per heavy atom. The van der Waals surface area contributed by atoms with Crippen molar-refractivity contribution in [1.82, 2.24) is 4.98 Å². The van der Waals surface area contributed by atoms with Crippen molar-refractivity contribution in [2.45, 2.75) is 26.2 Å². The molecule has 0 unspecified atom stereocenters. The Kier molecular flexibility index (Phi) is 9.82. The second-order valence-electron chi connectivity index (χ2n) is 8.66. The number of hydrogen-bond donors (Lipinski definition) is 1. The number of hydrogen-bond acceptors (Lipinski definition) is 8. The number of aromatic nitrogens is 1. The molecule has 4 aromatic rings. The van der Waals surface area contributed by atoms with Crippen molar-refractivity contribution >= 4 is 18.9 Å². The summed E-state index contributed by atoms with van der Waals surface area (Å²) in [5.41, 5.74) is 3.17. The predicted molar refractivity (Wildman–Crippen MR) is 153 cm³/mol. The summed E-state index contributed by atoms with van der Waals surface area (Å²) in [6.07, 6.45) is 0.643. The molecule has 1 N–H and O–H groups in total. The first-order valence-electron chi connectivity index (χ1n) is 13.0. The van der Waals surface area contributed by atoms with E-state index in [0.717, 1.165) is 16.7 Å². The molecule has 3 aromatic carbocycles. The van der Waals surface area contributed by atoms with E-state index in [9.17, 15) is 4.57 Å². The van der Waals surface area contributed by atoms with Gasteiger partial charge in [-0.1, -0.05) is 66.7 Å². The molecule has 0 spiro atoms. The fraction of sp³-hybridized carbons (Fsp3) is 0.300. The summed E-state index contributed by atoms with van der Waals surface area (Å²) < 4.78 is 42.3. The average Bonchev–Trinajstić information content (AvgIpc) is 3.39. The molecule has 9 heteroatoms. The van der Waals surface area contributed by atoms with Crippen LogP contribution >= 0.6 is 7.60 Å². The van der Waals surface area contributed by atoms with Crippen LogP contribution in [0.4, 0.5) is 5.88 Å². The van der Waals surface area contributed by atoms with E-state index in [1.54, 1.807) is 28.1 Å². The smallest absolute Gasteiger partial charge is 0.385 e. The van der Waals surface area contributed by atoms with Gasteiger partial charge < -0.3 is 28.3 Å². The number of nitrogens with zero attached hydrogens (tertiary/aromatic N) is 1. The maximum absolute atomic E-state index is 13.9. The molecule has 0 fully saturated rings. The summed E-state index contributed by atoms with van der Waals surface area (Å²) in [6.45, 7) is 4.43. The highest BCUT2D eigenvalue weighted by atomic mass is 31.2. The number of ether oxygens (including phenoxy) is 2. The Morgan fingerprint density at radius 2 is 1.44 bits per heavy atom. The molecule has 8 nitrogen and oxygen atoms in total. The molecule has 0 radical (unpaired) electrons. The van der Waals surface area contributed by atoms with Gasteiger partial charge in [0.2, 0.25) is 17.2 Å². The Labute approximate surface area is 229 Å². The molecule has 1 heterocycles. The van der Waals surface area contributed by atoms with E-state index < -0.39 is 7.60 Å². The molecule has 0 saturated heterocycles. The zero-order chi connectivity index (χ0) is 27.7. The number of oxazole rings is 1. The van der Waals surface area contributed by atoms with E-state index in [1.807, 2.05) is 78.9 Å². The maximum Gasteiger partial charge on any atom is 0.385 e. The van der Waals surface area contributed by atoms with Gasteiger partial charge in [-0.2, -0.15) is 0 Å². The maximum atomic E-state index is 13.9. The summed E-state index contributed by atoms with van der Waals surface area (Å²) in [5, 5.41) is 3.30. The molecule has 0 aliphatic carbocycles. The van der Waals surface area contributed by atoms with Gasteiger partial charge in [0, 0.05) is 6.54 Å². The minimum absolute atomic E-state index is 0.144. The summed E-state index contributed by atoms with van der Waals surface area (Å²) >= 11 is 0. The quantitative estimate of drug-likeness (QED) is 0.180. The summed E-state index contributed by atoms with van der Waals surface area (Å²) in [5.74, 6) is 1.68. The molecule has 0 saturated carbocycles. The first-order chi connectivity index (χ1) is 19.0. The Balaban J connectivity index is 1.71. The van der Waals surface area contributed by atoms with Crippen molar-refractivity contribution < 1.29 is 27.5 Å². The Bertz CT molecular complexity index is 1330. The highest BCUT2D eigenvalue weighted by Crippen LogP contribution is 2.49. The SMILES string of the molecule is CCOP(=O)(OCC)c1nc(C(c2ccccc2)c2ccccc2)oc1NCCc1ccc(OC)c(OC)c1. The van der Waals surface area contributed by atoms with Gasteiger partial charge in [0.25, 0.3) is 0 Å². The molecule has 0 aliphatic heterocycles. The zero-order valence-corrected chi connectivity index (χ0v) is 23.6. The van der Waals surface area contributed by atoms with Crippen LogP contribution in [0.15, 0.2) is 83.3 Å². The van der Waals surface area contributed by atoms with Crippen molar-refractivity contribution in [1.29, 1.82) is 0 Å². The minimum Gasteiger partial charge on any atom is -0.493 e. The number of methoxy groups -OCH3 is 2. The van der Waals surface area contributed by atoms with Gasteiger partial charge in [0.05, 0.1) is 33.4 Å². The normalized spacial score (nSPS) is 11.5. The Hall–Kier alpha value is -3.58. The van der Waals surface area contributed by atoms with Gasteiger partial charge in [0.1, 0.15) is 0 Å². The van der Waals surface area contributed by atoms with E-state index in [0.29, 0.717) is 30.4 Å². The molecule has 1 aromatic heterocycles. The van der Waals surface area contributed by atoms with Crippen LogP contribution in [0.1, 0.15) is 42.3 Å². The van der Waals surface area contributed by atoms with Gasteiger partial charge in [-0.05, 0) is 49.1 Å². The van der Waals surface area contributed by atoms with Crippen molar-refractivity contribution in [3.8, 4) is 11.5 Å². The van der Waals surface area contributed by atoms with Crippen LogP contribution in [-0.2, 0) is 20.0 Å². The zero-order valence-electron chi connectivity index (χ0n) is 22.8. The summed E-state index contributed by atoms with van der Waals surface area (Å²) in [4.78, 5) is 4.77. The van der Waals surface area contributed by atoms with E-state index in [1.165, 1.54) is 0 Å². The largest absolute Gasteiger partial charge is 0.493 e. The molecule has 4 rings (SSSR count). The summed E-state index contributed by atoms with van der Waals surface area (Å²) in [7, 11) is -0.536. The van der Waals surface area contributed by atoms with Gasteiger partial charge in [-0.15, -0.1) is 0 Å². The average molecular weight is 551 g/mol. The van der Waals surface area contributed by atoms with Crippen LogP contribution in [-0.4, -0.2) is 39.0 Å². The predicted octanol–water partition coefficient (Wildman–Crippen LogP) is 6.42. The first kappa shape index (κ1) is 28.4. The molecular weight excluding hydrogens is 515 g/mol. The number of rotatable bonds is 14. The van der Waals surface area contributed by atoms with Crippen LogP contribution < -0.4 is 20.2 Å². The third kappa shape index (κ3) is 6.71. The van der Waals surface area contributed by atoms with E-state index >= 15 is 0 Å². The Morgan fingerprint density at radius 1 is 0.846 bits per heavy atom. The van der Waals surface area contributed by atoms with Crippen LogP contribution in [0.25, 0.3) is 0 Å². The summed E-state index contributed by atoms with van der Waals surface area (Å²) in [6, 6.07) is 25.7. The highest BCUT2D eigenvalue weighted by Gasteiger charge is 2.37. The van der Waals surface area contributed by atoms with Gasteiger partial charge in [-0.25, -0.2) is 4.98 Å². The van der Waals surface area contributed by atoms with Gasteiger partial charge >= 0.3 is 7.60 Å². The number of anilines is 1. The second kappa shape index (κ2) is 13.5. The third-order valence-electron chi connectivity index (χ3n) is 6.14. The number of benzene rings is 3. The third-order valence-corrected chi connectivity index (χ3v) is 8.16. The molecule has 0 atom stereocenters. The van der Waals surface area contributed by atoms with Crippen molar-refractivity contribution in [2.75, 3.05) is 39.3 Å². The minimum atomic E-state index is -3.75. The fourth-order valence-corrected chi connectivity index (χ4v) is 5.97. The standard InChI is InChI=1S/C30H35N2O6P/c1-5-36-39(33,37-6-2)30-29(31-20-19-22-17-18-25(34-3)26(21-22)35-4)38-28(32-30)27(23-13-9-7-10-14-23)24-15-11-8-12-16-24/h7-18,21,27,31H,5-6,19-20H2,1-4H3. The van der Waals surface area contributed by atoms with E-state index in [4.69, 9.17) is 27.9 Å². The lowest BCUT2D eigenvalue weighted by Crippen LogP contribution is -2.18. The first-order valence-corrected chi connectivity index (χ1v) is 14.5. The molecule has 0 bridgehead atoms. The fourth-order valence-electron chi connectivity index (χ4n) is 4.38. The lowest BCUT2D eigenvalue weighted by Gasteiger charge is -2.16. The topological polar surface area (TPSA) is 92.1 Å². The lowest BCUT2D eigenvalue weighted by atomic mass is 9.91. The van der Waals surface area contributed by atoms with Crippen molar-refractivity contribution in [3.63, 3.8) is 0 Å².